The molecule has 1 unspecified atom stereocenters. The molecule has 1 aliphatic heterocycles. The standard InChI is InChI=1S/C32H52BN3Si2/c1-25(2)34(26(3)4)33-31(32(7,8)36(33)27(5)6)35(38(12,13)29-20-15-14-16-21-29)30-22-18-17-19-28(30)23-24-37(9,10)11/h14-22,25-27,31H,1-13H3. The van der Waals surface area contributed by atoms with Gasteiger partial charge in [0.15, 0.2) is 8.24 Å². The van der Waals surface area contributed by atoms with Gasteiger partial charge in [-0.15, -0.1) is 5.54 Å². The van der Waals surface area contributed by atoms with Crippen LogP contribution in [0.5, 0.6) is 0 Å². The van der Waals surface area contributed by atoms with Crippen LogP contribution >= 0.6 is 0 Å². The van der Waals surface area contributed by atoms with Gasteiger partial charge >= 0.3 is 6.98 Å². The first kappa shape index (κ1) is 30.8. The molecule has 3 nitrogen and oxygen atoms in total. The Kier molecular flexibility index (Phi) is 9.20. The molecule has 206 valence electrons. The van der Waals surface area contributed by atoms with Crippen LogP contribution in [0, 0.1) is 11.5 Å². The van der Waals surface area contributed by atoms with Crippen LogP contribution in [0.15, 0.2) is 54.6 Å². The fourth-order valence-corrected chi connectivity index (χ4v) is 10.4. The molecule has 2 aromatic rings. The van der Waals surface area contributed by atoms with Crippen molar-refractivity contribution in [3.05, 3.63) is 60.2 Å². The van der Waals surface area contributed by atoms with Gasteiger partial charge < -0.3 is 14.2 Å². The summed E-state index contributed by atoms with van der Waals surface area (Å²) in [6.45, 7) is 31.5. The van der Waals surface area contributed by atoms with E-state index in [1.807, 2.05) is 0 Å². The number of benzene rings is 2. The monoisotopic (exact) mass is 545 g/mol. The molecule has 2 aromatic carbocycles. The van der Waals surface area contributed by atoms with E-state index in [1.165, 1.54) is 16.4 Å². The van der Waals surface area contributed by atoms with Gasteiger partial charge in [-0.3, -0.25) is 0 Å². The fraction of sp³-hybridized carbons (Fsp3) is 0.562. The third kappa shape index (κ3) is 6.02. The Morgan fingerprint density at radius 2 is 1.34 bits per heavy atom. The maximum Gasteiger partial charge on any atom is 0.336 e. The largest absolute Gasteiger partial charge is 0.392 e. The van der Waals surface area contributed by atoms with Crippen molar-refractivity contribution in [2.45, 2.75) is 118 Å². The molecule has 1 saturated heterocycles. The van der Waals surface area contributed by atoms with Gasteiger partial charge in [-0.25, -0.2) is 0 Å². The molecule has 0 N–H and O–H groups in total. The fourth-order valence-electron chi connectivity index (χ4n) is 6.69. The summed E-state index contributed by atoms with van der Waals surface area (Å²) in [7, 11) is -3.70. The van der Waals surface area contributed by atoms with Gasteiger partial charge in [0.2, 0.25) is 0 Å². The highest BCUT2D eigenvalue weighted by atomic mass is 28.3. The zero-order chi connectivity index (χ0) is 28.6. The molecule has 0 aromatic heterocycles. The van der Waals surface area contributed by atoms with Crippen molar-refractivity contribution >= 4 is 34.2 Å². The number of rotatable bonds is 8. The molecule has 0 amide bonds. The van der Waals surface area contributed by atoms with Crippen LogP contribution in [0.3, 0.4) is 0 Å². The molecule has 1 aliphatic rings. The van der Waals surface area contributed by atoms with E-state index >= 15 is 0 Å². The van der Waals surface area contributed by atoms with Crippen molar-refractivity contribution in [1.29, 1.82) is 0 Å². The average molecular weight is 546 g/mol. The molecular formula is C32H52BN3Si2. The number of nitrogens with zero attached hydrogens (tertiary/aromatic N) is 3. The van der Waals surface area contributed by atoms with Gasteiger partial charge in [0.05, 0.1) is 0 Å². The minimum Gasteiger partial charge on any atom is -0.392 e. The second-order valence-corrected chi connectivity index (χ2v) is 22.9. The van der Waals surface area contributed by atoms with Gasteiger partial charge in [-0.1, -0.05) is 110 Å². The minimum atomic E-state index is -2.18. The number of anilines is 1. The van der Waals surface area contributed by atoms with Crippen LogP contribution in [-0.4, -0.2) is 62.5 Å². The molecule has 6 heteroatoms. The summed E-state index contributed by atoms with van der Waals surface area (Å²) in [4.78, 5) is 5.51. The predicted molar refractivity (Wildman–Crippen MR) is 175 cm³/mol. The van der Waals surface area contributed by atoms with Crippen LogP contribution < -0.4 is 9.75 Å². The lowest BCUT2D eigenvalue weighted by Gasteiger charge is -2.69. The van der Waals surface area contributed by atoms with Crippen molar-refractivity contribution in [1.82, 2.24) is 9.62 Å². The molecule has 1 heterocycles. The van der Waals surface area contributed by atoms with E-state index in [1.54, 1.807) is 0 Å². The Labute approximate surface area is 237 Å². The Morgan fingerprint density at radius 3 is 1.84 bits per heavy atom. The van der Waals surface area contributed by atoms with Crippen LogP contribution in [-0.2, 0) is 0 Å². The zero-order valence-corrected chi connectivity index (χ0v) is 28.4. The Bertz CT molecular complexity index is 1120. The molecule has 0 aliphatic carbocycles. The van der Waals surface area contributed by atoms with E-state index in [0.29, 0.717) is 31.0 Å². The maximum atomic E-state index is 3.68. The van der Waals surface area contributed by atoms with E-state index < -0.39 is 16.3 Å². The molecular weight excluding hydrogens is 493 g/mol. The smallest absolute Gasteiger partial charge is 0.336 e. The van der Waals surface area contributed by atoms with Crippen molar-refractivity contribution in [2.75, 3.05) is 4.57 Å². The van der Waals surface area contributed by atoms with Gasteiger partial charge in [0, 0.05) is 22.7 Å². The topological polar surface area (TPSA) is 9.72 Å². The normalized spacial score (nSPS) is 18.1. The van der Waals surface area contributed by atoms with Crippen molar-refractivity contribution in [2.24, 2.45) is 0 Å². The van der Waals surface area contributed by atoms with Crippen molar-refractivity contribution in [3.8, 4) is 11.5 Å². The lowest BCUT2D eigenvalue weighted by atomic mass is 9.44. The Morgan fingerprint density at radius 1 is 0.816 bits per heavy atom. The van der Waals surface area contributed by atoms with E-state index in [2.05, 4.69) is 168 Å². The molecule has 0 radical (unpaired) electrons. The third-order valence-electron chi connectivity index (χ3n) is 8.11. The number of hydrogen-bond acceptors (Lipinski definition) is 3. The molecule has 1 fully saturated rings. The third-order valence-corrected chi connectivity index (χ3v) is 12.5. The molecule has 0 spiro atoms. The molecule has 1 atom stereocenters. The maximum absolute atomic E-state index is 3.68. The highest BCUT2D eigenvalue weighted by molar-refractivity contribution is 6.94. The molecule has 38 heavy (non-hydrogen) atoms. The van der Waals surface area contributed by atoms with Gasteiger partial charge in [0.25, 0.3) is 0 Å². The lowest BCUT2D eigenvalue weighted by molar-refractivity contribution is 0.0776. The van der Waals surface area contributed by atoms with Crippen molar-refractivity contribution in [3.63, 3.8) is 0 Å². The second-order valence-electron chi connectivity index (χ2n) is 14.0. The van der Waals surface area contributed by atoms with Gasteiger partial charge in [-0.2, -0.15) is 0 Å². The number of hydrogen-bond donors (Lipinski definition) is 0. The Hall–Kier alpha value is -1.78. The van der Waals surface area contributed by atoms with Crippen LogP contribution in [0.2, 0.25) is 32.7 Å². The first-order chi connectivity index (χ1) is 17.5. The highest BCUT2D eigenvalue weighted by Crippen LogP contribution is 2.45. The minimum absolute atomic E-state index is 0.000763. The van der Waals surface area contributed by atoms with E-state index in [-0.39, 0.29) is 5.54 Å². The highest BCUT2D eigenvalue weighted by Gasteiger charge is 2.65. The SMILES string of the molecule is CC(C)N(B1C(N(c2ccccc2C#C[Si](C)(C)C)[Si](C)(C)c2ccccc2)C(C)(C)N1C(C)C)C(C)C. The first-order valence-corrected chi connectivity index (χ1v) is 21.0. The van der Waals surface area contributed by atoms with Gasteiger partial charge in [0.1, 0.15) is 8.07 Å². The van der Waals surface area contributed by atoms with E-state index in [9.17, 15) is 0 Å². The average Bonchev–Trinajstić information content (AvgIpc) is 2.80. The van der Waals surface area contributed by atoms with Crippen LogP contribution in [0.4, 0.5) is 5.69 Å². The summed E-state index contributed by atoms with van der Waals surface area (Å²) in [5, 5.41) is 1.46. The molecule has 0 saturated carbocycles. The summed E-state index contributed by atoms with van der Waals surface area (Å²) >= 11 is 0. The van der Waals surface area contributed by atoms with Gasteiger partial charge in [-0.05, 0) is 62.4 Å². The quantitative estimate of drug-likeness (QED) is 0.265. The predicted octanol–water partition coefficient (Wildman–Crippen LogP) is 6.85. The molecule has 0 bridgehead atoms. The summed E-state index contributed by atoms with van der Waals surface area (Å²) in [6, 6.07) is 21.5. The first-order valence-electron chi connectivity index (χ1n) is 14.5. The zero-order valence-electron chi connectivity index (χ0n) is 26.4. The van der Waals surface area contributed by atoms with Crippen molar-refractivity contribution < 1.29 is 0 Å². The van der Waals surface area contributed by atoms with E-state index in [4.69, 9.17) is 0 Å². The number of para-hydroxylation sites is 1. The van der Waals surface area contributed by atoms with Crippen LogP contribution in [0.25, 0.3) is 0 Å². The Balaban J connectivity index is 2.34. The molecule has 3 rings (SSSR count). The second kappa shape index (κ2) is 11.4. The van der Waals surface area contributed by atoms with Crippen LogP contribution in [0.1, 0.15) is 61.0 Å². The lowest BCUT2D eigenvalue weighted by Crippen LogP contribution is -2.90. The summed E-state index contributed by atoms with van der Waals surface area (Å²) in [5.41, 5.74) is 6.15. The summed E-state index contributed by atoms with van der Waals surface area (Å²) in [5.74, 6) is 4.00. The summed E-state index contributed by atoms with van der Waals surface area (Å²) in [6.07, 6.45) is 0. The van der Waals surface area contributed by atoms with E-state index in [0.717, 1.165) is 0 Å². The summed E-state index contributed by atoms with van der Waals surface area (Å²) < 4.78 is 2.87.